The van der Waals surface area contributed by atoms with Crippen LogP contribution < -0.4 is 5.32 Å². The van der Waals surface area contributed by atoms with E-state index < -0.39 is 23.6 Å². The molecule has 1 aliphatic carbocycles. The first-order valence-corrected chi connectivity index (χ1v) is 10.5. The van der Waals surface area contributed by atoms with Gasteiger partial charge in [0.2, 0.25) is 0 Å². The van der Waals surface area contributed by atoms with Crippen molar-refractivity contribution in [2.24, 2.45) is 0 Å². The second-order valence-electron chi connectivity index (χ2n) is 8.24. The number of aromatic nitrogens is 4. The summed E-state index contributed by atoms with van der Waals surface area (Å²) in [5.41, 5.74) is 3.85. The number of pyridine rings is 2. The van der Waals surface area contributed by atoms with E-state index in [4.69, 9.17) is 4.98 Å². The fraction of sp³-hybridized carbons (Fsp3) is 0.250. The molecular weight excluding hydrogens is 412 g/mol. The van der Waals surface area contributed by atoms with Gasteiger partial charge in [0.05, 0.1) is 23.5 Å². The van der Waals surface area contributed by atoms with Crippen molar-refractivity contribution in [1.29, 1.82) is 0 Å². The van der Waals surface area contributed by atoms with E-state index >= 15 is 0 Å². The predicted molar refractivity (Wildman–Crippen MR) is 115 cm³/mol. The van der Waals surface area contributed by atoms with Crippen molar-refractivity contribution in [1.82, 2.24) is 24.9 Å². The van der Waals surface area contributed by atoms with Gasteiger partial charge in [0.15, 0.2) is 11.5 Å². The monoisotopic (exact) mass is 433 g/mol. The molecule has 1 N–H and O–H groups in total. The number of hydrogen-bond donors (Lipinski definition) is 1. The number of rotatable bonds is 5. The third-order valence-corrected chi connectivity index (χ3v) is 5.61. The molecule has 6 nitrogen and oxygen atoms in total. The summed E-state index contributed by atoms with van der Waals surface area (Å²) < 4.78 is 28.9. The van der Waals surface area contributed by atoms with Crippen LogP contribution in [0.3, 0.4) is 0 Å². The van der Waals surface area contributed by atoms with Crippen molar-refractivity contribution >= 4 is 11.6 Å². The molecule has 0 bridgehead atoms. The predicted octanol–water partition coefficient (Wildman–Crippen LogP) is 4.75. The molecule has 0 unspecified atom stereocenters. The van der Waals surface area contributed by atoms with Gasteiger partial charge in [-0.05, 0) is 38.3 Å². The van der Waals surface area contributed by atoms with E-state index in [0.29, 0.717) is 17.1 Å². The Balaban J connectivity index is 1.53. The van der Waals surface area contributed by atoms with Gasteiger partial charge >= 0.3 is 0 Å². The topological polar surface area (TPSA) is 72.2 Å². The summed E-state index contributed by atoms with van der Waals surface area (Å²) in [7, 11) is 0. The van der Waals surface area contributed by atoms with Gasteiger partial charge in [0, 0.05) is 23.7 Å². The van der Waals surface area contributed by atoms with Gasteiger partial charge in [0.1, 0.15) is 11.6 Å². The van der Waals surface area contributed by atoms with Crippen molar-refractivity contribution in [3.8, 4) is 11.1 Å². The van der Waals surface area contributed by atoms with Crippen LogP contribution in [0.2, 0.25) is 0 Å². The lowest BCUT2D eigenvalue weighted by molar-refractivity contribution is 0.0938. The highest BCUT2D eigenvalue weighted by atomic mass is 19.1. The number of nitrogens with zero attached hydrogens (tertiary/aromatic N) is 4. The fourth-order valence-corrected chi connectivity index (χ4v) is 3.68. The van der Waals surface area contributed by atoms with Gasteiger partial charge in [0.25, 0.3) is 5.91 Å². The van der Waals surface area contributed by atoms with E-state index in [1.54, 1.807) is 23.7 Å². The zero-order valence-electron chi connectivity index (χ0n) is 17.6. The van der Waals surface area contributed by atoms with Crippen molar-refractivity contribution in [3.05, 3.63) is 83.1 Å². The largest absolute Gasteiger partial charge is 0.344 e. The molecule has 162 valence electrons. The SMILES string of the molecule is Cc1ccc(-c2cc(C(=O)N[C@H](C)c3ncc(F)cc3F)cn3nc(C4CC4)nc23)cc1. The lowest BCUT2D eigenvalue weighted by Crippen LogP contribution is -2.28. The summed E-state index contributed by atoms with van der Waals surface area (Å²) in [6, 6.07) is 9.74. The Morgan fingerprint density at radius 2 is 1.94 bits per heavy atom. The number of nitrogens with one attached hydrogen (secondary N) is 1. The second kappa shape index (κ2) is 7.78. The molecule has 5 rings (SSSR count). The zero-order valence-corrected chi connectivity index (χ0v) is 17.6. The smallest absolute Gasteiger partial charge is 0.253 e. The van der Waals surface area contributed by atoms with Gasteiger partial charge < -0.3 is 5.32 Å². The average Bonchev–Trinajstić information content (AvgIpc) is 3.52. The molecule has 3 aromatic heterocycles. The summed E-state index contributed by atoms with van der Waals surface area (Å²) >= 11 is 0. The number of fused-ring (bicyclic) bond motifs is 1. The molecule has 1 atom stereocenters. The first-order chi connectivity index (χ1) is 15.4. The Kier molecular flexibility index (Phi) is 4.92. The third kappa shape index (κ3) is 3.84. The van der Waals surface area contributed by atoms with Crippen LogP contribution in [0.25, 0.3) is 16.8 Å². The molecule has 1 fully saturated rings. The standard InChI is InChI=1S/C24H21F2N5O/c1-13-3-5-15(6-4-13)19-9-17(12-31-23(19)29-22(30-31)16-7-8-16)24(32)28-14(2)21-20(26)10-18(25)11-27-21/h3-6,9-12,14,16H,7-8H2,1-2H3,(H,28,32)/t14-/m1/s1. The number of benzene rings is 1. The lowest BCUT2D eigenvalue weighted by Gasteiger charge is -2.15. The molecule has 0 saturated heterocycles. The van der Waals surface area contributed by atoms with Crippen LogP contribution >= 0.6 is 0 Å². The average molecular weight is 433 g/mol. The molecule has 0 spiro atoms. The Labute approximate surface area is 183 Å². The van der Waals surface area contributed by atoms with Crippen molar-refractivity contribution < 1.29 is 13.6 Å². The minimum Gasteiger partial charge on any atom is -0.344 e. The molecule has 4 aromatic rings. The Morgan fingerprint density at radius 1 is 1.19 bits per heavy atom. The van der Waals surface area contributed by atoms with Gasteiger partial charge in [-0.3, -0.25) is 9.78 Å². The summed E-state index contributed by atoms with van der Waals surface area (Å²) in [4.78, 5) is 21.6. The maximum absolute atomic E-state index is 14.1. The van der Waals surface area contributed by atoms with E-state index in [9.17, 15) is 13.6 Å². The van der Waals surface area contributed by atoms with Crippen LogP contribution in [0.15, 0.2) is 48.8 Å². The van der Waals surface area contributed by atoms with Crippen LogP contribution in [0.4, 0.5) is 8.78 Å². The fourth-order valence-electron chi connectivity index (χ4n) is 3.68. The molecule has 1 aliphatic rings. The molecule has 0 radical (unpaired) electrons. The molecular formula is C24H21F2N5O. The highest BCUT2D eigenvalue weighted by molar-refractivity contribution is 5.96. The summed E-state index contributed by atoms with van der Waals surface area (Å²) in [6.07, 6.45) is 4.69. The highest BCUT2D eigenvalue weighted by Crippen LogP contribution is 2.39. The number of aryl methyl sites for hydroxylation is 1. The van der Waals surface area contributed by atoms with Gasteiger partial charge in [-0.15, -0.1) is 0 Å². The molecule has 0 aliphatic heterocycles. The Hall–Kier alpha value is -3.68. The summed E-state index contributed by atoms with van der Waals surface area (Å²) in [5, 5.41) is 7.34. The molecule has 1 saturated carbocycles. The molecule has 1 amide bonds. The first kappa shape index (κ1) is 20.2. The number of hydrogen-bond acceptors (Lipinski definition) is 4. The van der Waals surface area contributed by atoms with Crippen LogP contribution in [-0.4, -0.2) is 25.5 Å². The van der Waals surface area contributed by atoms with Gasteiger partial charge in [-0.2, -0.15) is 5.10 Å². The van der Waals surface area contributed by atoms with Crippen LogP contribution in [0.5, 0.6) is 0 Å². The van der Waals surface area contributed by atoms with Crippen molar-refractivity contribution in [3.63, 3.8) is 0 Å². The number of halogens is 2. The maximum Gasteiger partial charge on any atom is 0.253 e. The van der Waals surface area contributed by atoms with Crippen LogP contribution in [0, 0.1) is 18.6 Å². The van der Waals surface area contributed by atoms with E-state index in [1.165, 1.54) is 0 Å². The van der Waals surface area contributed by atoms with Crippen molar-refractivity contribution in [2.45, 2.75) is 38.6 Å². The second-order valence-corrected chi connectivity index (χ2v) is 8.24. The number of carbonyl (C=O) groups excluding carboxylic acids is 1. The molecule has 1 aromatic carbocycles. The Morgan fingerprint density at radius 3 is 2.62 bits per heavy atom. The first-order valence-electron chi connectivity index (χ1n) is 10.5. The van der Waals surface area contributed by atoms with Gasteiger partial charge in [-0.1, -0.05) is 29.8 Å². The van der Waals surface area contributed by atoms with Crippen LogP contribution in [-0.2, 0) is 0 Å². The normalized spacial score (nSPS) is 14.5. The zero-order chi connectivity index (χ0) is 22.4. The van der Waals surface area contributed by atoms with Gasteiger partial charge in [-0.25, -0.2) is 18.3 Å². The number of carbonyl (C=O) groups is 1. The minimum atomic E-state index is -0.807. The van der Waals surface area contributed by atoms with E-state index in [2.05, 4.69) is 15.4 Å². The quantitative estimate of drug-likeness (QED) is 0.493. The van der Waals surface area contributed by atoms with E-state index in [-0.39, 0.29) is 5.69 Å². The molecule has 8 heteroatoms. The van der Waals surface area contributed by atoms with Crippen LogP contribution in [0.1, 0.15) is 59.2 Å². The molecule has 3 heterocycles. The number of amides is 1. The lowest BCUT2D eigenvalue weighted by atomic mass is 10.0. The van der Waals surface area contributed by atoms with Crippen molar-refractivity contribution in [2.75, 3.05) is 0 Å². The highest BCUT2D eigenvalue weighted by Gasteiger charge is 2.29. The third-order valence-electron chi connectivity index (χ3n) is 5.61. The maximum atomic E-state index is 14.1. The summed E-state index contributed by atoms with van der Waals surface area (Å²) in [6.45, 7) is 3.61. The summed E-state index contributed by atoms with van der Waals surface area (Å²) in [5.74, 6) is -0.844. The molecule has 32 heavy (non-hydrogen) atoms. The minimum absolute atomic E-state index is 0.0311. The van der Waals surface area contributed by atoms with E-state index in [1.807, 2.05) is 31.2 Å². The Bertz CT molecular complexity index is 1330. The van der Waals surface area contributed by atoms with E-state index in [0.717, 1.165) is 47.6 Å².